The lowest BCUT2D eigenvalue weighted by molar-refractivity contribution is -0.151. The highest BCUT2D eigenvalue weighted by atomic mass is 16.6. The zero-order valence-corrected chi connectivity index (χ0v) is 5.42. The van der Waals surface area contributed by atoms with Gasteiger partial charge in [0, 0.05) is 6.42 Å². The summed E-state index contributed by atoms with van der Waals surface area (Å²) in [5.74, 6) is -0.438. The van der Waals surface area contributed by atoms with Gasteiger partial charge in [-0.15, -0.1) is 0 Å². The number of hydrogen-bond acceptors (Lipinski definition) is 3. The highest BCUT2D eigenvalue weighted by Crippen LogP contribution is 1.94. The van der Waals surface area contributed by atoms with E-state index in [0.717, 1.165) is 12.8 Å². The zero-order chi connectivity index (χ0) is 7.11. The van der Waals surface area contributed by atoms with Crippen molar-refractivity contribution in [1.29, 1.82) is 0 Å². The molecule has 0 saturated heterocycles. The summed E-state index contributed by atoms with van der Waals surface area (Å²) in [6.07, 6.45) is 2.07. The Kier molecular flexibility index (Phi) is 4.78. The topological polar surface area (TPSA) is 43.4 Å². The number of carbonyl (C=O) groups excluding carboxylic acids is 2. The van der Waals surface area contributed by atoms with Crippen molar-refractivity contribution in [2.75, 3.05) is 0 Å². The van der Waals surface area contributed by atoms with Gasteiger partial charge in [-0.05, 0) is 6.42 Å². The van der Waals surface area contributed by atoms with Crippen molar-refractivity contribution in [3.63, 3.8) is 0 Å². The van der Waals surface area contributed by atoms with Crippen LogP contribution in [0.2, 0.25) is 0 Å². The monoisotopic (exact) mass is 130 g/mol. The second kappa shape index (κ2) is 5.28. The van der Waals surface area contributed by atoms with Crippen molar-refractivity contribution in [1.82, 2.24) is 0 Å². The number of ether oxygens (including phenoxy) is 1. The summed E-state index contributed by atoms with van der Waals surface area (Å²) in [5, 5.41) is 0. The smallest absolute Gasteiger partial charge is 0.313 e. The van der Waals surface area contributed by atoms with Crippen molar-refractivity contribution in [3.05, 3.63) is 0 Å². The Bertz CT molecular complexity index is 98.5. The van der Waals surface area contributed by atoms with Crippen molar-refractivity contribution >= 4 is 12.4 Å². The van der Waals surface area contributed by atoms with Gasteiger partial charge < -0.3 is 4.74 Å². The largest absolute Gasteiger partial charge is 0.395 e. The summed E-state index contributed by atoms with van der Waals surface area (Å²) in [7, 11) is 0. The molecular formula is C6H10O3. The molecule has 0 unspecified atom stereocenters. The van der Waals surface area contributed by atoms with Crippen molar-refractivity contribution in [2.45, 2.75) is 26.2 Å². The third kappa shape index (κ3) is 5.00. The molecule has 3 heteroatoms. The summed E-state index contributed by atoms with van der Waals surface area (Å²) in [4.78, 5) is 19.9. The average Bonchev–Trinajstić information content (AvgIpc) is 1.85. The Hall–Kier alpha value is -0.860. The minimum absolute atomic E-state index is 0.165. The molecule has 0 N–H and O–H groups in total. The van der Waals surface area contributed by atoms with Gasteiger partial charge in [-0.2, -0.15) is 0 Å². The molecule has 0 radical (unpaired) electrons. The fourth-order valence-electron chi connectivity index (χ4n) is 0.434. The van der Waals surface area contributed by atoms with E-state index in [1.807, 2.05) is 6.92 Å². The molecule has 0 amide bonds. The van der Waals surface area contributed by atoms with Crippen LogP contribution in [-0.4, -0.2) is 12.4 Å². The number of rotatable bonds is 4. The number of unbranched alkanes of at least 4 members (excludes halogenated alkanes) is 1. The standard InChI is InChI=1S/C6H10O3/c1-2-3-4-6(8)9-5-7/h5H,2-4H2,1H3. The van der Waals surface area contributed by atoms with Gasteiger partial charge in [0.1, 0.15) is 0 Å². The Morgan fingerprint density at radius 1 is 1.67 bits per heavy atom. The van der Waals surface area contributed by atoms with Crippen LogP contribution in [0.25, 0.3) is 0 Å². The van der Waals surface area contributed by atoms with Crippen LogP contribution in [0, 0.1) is 0 Å². The molecular weight excluding hydrogens is 120 g/mol. The van der Waals surface area contributed by atoms with Gasteiger partial charge in [0.25, 0.3) is 0 Å². The predicted molar refractivity (Wildman–Crippen MR) is 31.7 cm³/mol. The second-order valence-electron chi connectivity index (χ2n) is 1.69. The van der Waals surface area contributed by atoms with E-state index in [-0.39, 0.29) is 6.47 Å². The highest BCUT2D eigenvalue weighted by Gasteiger charge is 1.98. The van der Waals surface area contributed by atoms with Gasteiger partial charge >= 0.3 is 12.4 Å². The van der Waals surface area contributed by atoms with E-state index in [9.17, 15) is 9.59 Å². The van der Waals surface area contributed by atoms with Crippen molar-refractivity contribution < 1.29 is 14.3 Å². The van der Waals surface area contributed by atoms with E-state index in [2.05, 4.69) is 4.74 Å². The van der Waals surface area contributed by atoms with E-state index in [1.54, 1.807) is 0 Å². The van der Waals surface area contributed by atoms with Gasteiger partial charge in [-0.3, -0.25) is 9.59 Å². The van der Waals surface area contributed by atoms with Crippen LogP contribution in [0.5, 0.6) is 0 Å². The molecule has 52 valence electrons. The van der Waals surface area contributed by atoms with E-state index >= 15 is 0 Å². The normalized spacial score (nSPS) is 8.56. The zero-order valence-electron chi connectivity index (χ0n) is 5.42. The molecule has 0 aliphatic heterocycles. The van der Waals surface area contributed by atoms with E-state index in [4.69, 9.17) is 0 Å². The van der Waals surface area contributed by atoms with Crippen LogP contribution in [0.4, 0.5) is 0 Å². The molecule has 0 saturated carbocycles. The molecule has 0 aromatic rings. The van der Waals surface area contributed by atoms with Gasteiger partial charge in [0.2, 0.25) is 0 Å². The van der Waals surface area contributed by atoms with Crippen molar-refractivity contribution in [3.8, 4) is 0 Å². The van der Waals surface area contributed by atoms with Gasteiger partial charge in [-0.25, -0.2) is 0 Å². The molecule has 0 bridgehead atoms. The molecule has 0 heterocycles. The van der Waals surface area contributed by atoms with Crippen LogP contribution in [-0.2, 0) is 14.3 Å². The Morgan fingerprint density at radius 3 is 2.78 bits per heavy atom. The maximum atomic E-state index is 10.3. The van der Waals surface area contributed by atoms with Gasteiger partial charge in [0.05, 0.1) is 0 Å². The van der Waals surface area contributed by atoms with Crippen LogP contribution in [0.1, 0.15) is 26.2 Å². The van der Waals surface area contributed by atoms with E-state index in [1.165, 1.54) is 0 Å². The molecule has 0 aliphatic carbocycles. The Balaban J connectivity index is 3.16. The SMILES string of the molecule is CCCCC(=O)OC=O. The molecule has 3 nitrogen and oxygen atoms in total. The molecule has 0 aromatic heterocycles. The maximum absolute atomic E-state index is 10.3. The number of carbonyl (C=O) groups is 2. The molecule has 0 rings (SSSR count). The maximum Gasteiger partial charge on any atom is 0.313 e. The first kappa shape index (κ1) is 8.14. The summed E-state index contributed by atoms with van der Waals surface area (Å²) >= 11 is 0. The quantitative estimate of drug-likeness (QED) is 0.322. The lowest BCUT2D eigenvalue weighted by Gasteiger charge is -1.92. The first-order valence-corrected chi connectivity index (χ1v) is 2.94. The molecule has 0 aliphatic rings. The lowest BCUT2D eigenvalue weighted by Crippen LogP contribution is -2.01. The van der Waals surface area contributed by atoms with Crippen LogP contribution in [0.3, 0.4) is 0 Å². The fourth-order valence-corrected chi connectivity index (χ4v) is 0.434. The van der Waals surface area contributed by atoms with Crippen LogP contribution < -0.4 is 0 Å². The fraction of sp³-hybridized carbons (Fsp3) is 0.667. The van der Waals surface area contributed by atoms with Crippen LogP contribution >= 0.6 is 0 Å². The second-order valence-corrected chi connectivity index (χ2v) is 1.69. The average molecular weight is 130 g/mol. The first-order chi connectivity index (χ1) is 4.31. The van der Waals surface area contributed by atoms with Crippen LogP contribution in [0.15, 0.2) is 0 Å². The molecule has 9 heavy (non-hydrogen) atoms. The molecule has 0 atom stereocenters. The van der Waals surface area contributed by atoms with E-state index in [0.29, 0.717) is 6.42 Å². The summed E-state index contributed by atoms with van der Waals surface area (Å²) in [6, 6.07) is 0. The molecule has 0 fully saturated rings. The van der Waals surface area contributed by atoms with Crippen molar-refractivity contribution in [2.24, 2.45) is 0 Å². The number of esters is 1. The Morgan fingerprint density at radius 2 is 2.33 bits per heavy atom. The Labute approximate surface area is 54.0 Å². The highest BCUT2D eigenvalue weighted by molar-refractivity contribution is 5.76. The van der Waals surface area contributed by atoms with E-state index < -0.39 is 5.97 Å². The molecule has 0 aromatic carbocycles. The number of hydrogen-bond donors (Lipinski definition) is 0. The third-order valence-corrected chi connectivity index (χ3v) is 0.914. The summed E-state index contributed by atoms with van der Waals surface area (Å²) in [6.45, 7) is 2.13. The van der Waals surface area contributed by atoms with Gasteiger partial charge in [0.15, 0.2) is 0 Å². The third-order valence-electron chi connectivity index (χ3n) is 0.914. The summed E-state index contributed by atoms with van der Waals surface area (Å²) in [5.41, 5.74) is 0. The minimum atomic E-state index is -0.438. The first-order valence-electron chi connectivity index (χ1n) is 2.94. The van der Waals surface area contributed by atoms with Gasteiger partial charge in [-0.1, -0.05) is 13.3 Å². The summed E-state index contributed by atoms with van der Waals surface area (Å²) < 4.78 is 4.02. The lowest BCUT2D eigenvalue weighted by atomic mass is 10.3. The predicted octanol–water partition coefficient (Wildman–Crippen LogP) is 0.876. The minimum Gasteiger partial charge on any atom is -0.395 e. The molecule has 0 spiro atoms.